The fraction of sp³-hybridized carbons (Fsp3) is 0.227. The first-order valence-electron chi connectivity index (χ1n) is 9.69. The molecule has 10 heteroatoms. The van der Waals surface area contributed by atoms with Crippen LogP contribution in [0.4, 0.5) is 0 Å². The fourth-order valence-electron chi connectivity index (χ4n) is 3.18. The normalized spacial score (nSPS) is 12.0. The summed E-state index contributed by atoms with van der Waals surface area (Å²) in [6.45, 7) is 7.41. The number of halogens is 2. The number of benzene rings is 1. The maximum Gasteiger partial charge on any atom is 0.332 e. The van der Waals surface area contributed by atoms with Gasteiger partial charge in [0, 0.05) is 20.2 Å². The Labute approximate surface area is 193 Å². The van der Waals surface area contributed by atoms with Crippen molar-refractivity contribution in [3.63, 3.8) is 0 Å². The molecule has 8 nitrogen and oxygen atoms in total. The van der Waals surface area contributed by atoms with Gasteiger partial charge in [0.25, 0.3) is 5.56 Å². The third-order valence-corrected chi connectivity index (χ3v) is 5.46. The second kappa shape index (κ2) is 10.0. The highest BCUT2D eigenvalue weighted by molar-refractivity contribution is 6.43. The van der Waals surface area contributed by atoms with E-state index in [0.29, 0.717) is 0 Å². The van der Waals surface area contributed by atoms with Gasteiger partial charge in [-0.15, -0.1) is 0 Å². The lowest BCUT2D eigenvalue weighted by molar-refractivity contribution is 0.277. The van der Waals surface area contributed by atoms with E-state index in [0.717, 1.165) is 10.1 Å². The van der Waals surface area contributed by atoms with Crippen LogP contribution in [0.25, 0.3) is 11.2 Å². The van der Waals surface area contributed by atoms with Crippen molar-refractivity contribution >= 4 is 34.4 Å². The van der Waals surface area contributed by atoms with E-state index < -0.39 is 11.2 Å². The molecule has 0 radical (unpaired) electrons. The molecule has 0 unspecified atom stereocenters. The number of ether oxygens (including phenoxy) is 1. The van der Waals surface area contributed by atoms with Crippen molar-refractivity contribution in [1.82, 2.24) is 18.7 Å². The van der Waals surface area contributed by atoms with Crippen LogP contribution in [0.15, 0.2) is 75.0 Å². The number of aliphatic hydroxyl groups is 1. The lowest BCUT2D eigenvalue weighted by Gasteiger charge is -2.12. The number of nitrogens with zero attached hydrogens (tertiary/aromatic N) is 4. The molecule has 0 saturated carbocycles. The first kappa shape index (κ1) is 23.6. The molecule has 0 atom stereocenters. The lowest BCUT2D eigenvalue weighted by atomic mass is 10.2. The quantitative estimate of drug-likeness (QED) is 0.378. The Morgan fingerprint density at radius 1 is 1.22 bits per heavy atom. The van der Waals surface area contributed by atoms with Gasteiger partial charge in [0.1, 0.15) is 5.03 Å². The van der Waals surface area contributed by atoms with Gasteiger partial charge >= 0.3 is 11.7 Å². The molecule has 0 aliphatic rings. The molecule has 3 aromatic rings. The number of aromatic nitrogens is 4. The van der Waals surface area contributed by atoms with Gasteiger partial charge in [-0.2, -0.15) is 4.98 Å². The van der Waals surface area contributed by atoms with Crippen molar-refractivity contribution in [3.05, 3.63) is 91.8 Å². The molecule has 1 aromatic carbocycles. The van der Waals surface area contributed by atoms with Gasteiger partial charge in [0.15, 0.2) is 16.9 Å². The molecule has 0 aliphatic carbocycles. The zero-order valence-electron chi connectivity index (χ0n) is 17.4. The van der Waals surface area contributed by atoms with Crippen molar-refractivity contribution in [2.45, 2.75) is 19.5 Å². The molecular formula is C22H22Cl2N4O4. The number of hydrogen-bond donors (Lipinski definition) is 1. The van der Waals surface area contributed by atoms with Gasteiger partial charge in [-0.05, 0) is 18.1 Å². The number of aliphatic hydroxyl groups excluding tert-OH is 1. The maximum absolute atomic E-state index is 13.3. The van der Waals surface area contributed by atoms with Crippen molar-refractivity contribution < 1.29 is 9.84 Å². The largest absolute Gasteiger partial charge is 0.424 e. The monoisotopic (exact) mass is 476 g/mol. The van der Waals surface area contributed by atoms with E-state index in [-0.39, 0.29) is 59.1 Å². The van der Waals surface area contributed by atoms with Crippen LogP contribution in [0.2, 0.25) is 0 Å². The molecule has 0 fully saturated rings. The number of aryl methyl sites for hydroxylation is 1. The minimum atomic E-state index is -0.543. The van der Waals surface area contributed by atoms with E-state index in [1.54, 1.807) is 4.57 Å². The Hall–Kier alpha value is -3.07. The summed E-state index contributed by atoms with van der Waals surface area (Å²) in [7, 11) is 1.51. The smallest absolute Gasteiger partial charge is 0.332 e. The third kappa shape index (κ3) is 4.57. The van der Waals surface area contributed by atoms with Crippen molar-refractivity contribution in [1.29, 1.82) is 0 Å². The van der Waals surface area contributed by atoms with Crippen LogP contribution in [0.1, 0.15) is 12.0 Å². The summed E-state index contributed by atoms with van der Waals surface area (Å²) in [6, 6.07) is 9.42. The zero-order valence-corrected chi connectivity index (χ0v) is 18.9. The molecular weight excluding hydrogens is 455 g/mol. The highest BCUT2D eigenvalue weighted by Crippen LogP contribution is 2.27. The molecule has 32 heavy (non-hydrogen) atoms. The van der Waals surface area contributed by atoms with Crippen LogP contribution in [-0.4, -0.2) is 30.4 Å². The van der Waals surface area contributed by atoms with E-state index in [9.17, 15) is 9.59 Å². The molecule has 3 rings (SSSR count). The summed E-state index contributed by atoms with van der Waals surface area (Å²) >= 11 is 12.1. The average Bonchev–Trinajstić information content (AvgIpc) is 3.14. The zero-order chi connectivity index (χ0) is 23.4. The molecule has 0 spiro atoms. The molecule has 1 N–H and O–H groups in total. The first-order valence-corrected chi connectivity index (χ1v) is 10.4. The summed E-state index contributed by atoms with van der Waals surface area (Å²) in [4.78, 5) is 30.4. The van der Waals surface area contributed by atoms with E-state index in [4.69, 9.17) is 33.0 Å². The van der Waals surface area contributed by atoms with E-state index >= 15 is 0 Å². The lowest BCUT2D eigenvalue weighted by Crippen LogP contribution is -2.39. The number of rotatable bonds is 9. The number of fused-ring (bicyclic) bond motifs is 1. The van der Waals surface area contributed by atoms with Gasteiger partial charge in [-0.25, -0.2) is 4.79 Å². The van der Waals surface area contributed by atoms with Gasteiger partial charge in [-0.1, -0.05) is 66.7 Å². The highest BCUT2D eigenvalue weighted by Gasteiger charge is 2.22. The molecule has 0 bridgehead atoms. The predicted octanol–water partition coefficient (Wildman–Crippen LogP) is 3.10. The number of hydrogen-bond acceptors (Lipinski definition) is 5. The Bertz CT molecular complexity index is 1320. The van der Waals surface area contributed by atoms with Crippen LogP contribution in [-0.2, 0) is 20.1 Å². The summed E-state index contributed by atoms with van der Waals surface area (Å²) in [5.41, 5.74) is 0.123. The van der Waals surface area contributed by atoms with E-state index in [1.165, 1.54) is 17.7 Å². The molecule has 168 valence electrons. The van der Waals surface area contributed by atoms with Gasteiger partial charge in [0.05, 0.1) is 11.6 Å². The van der Waals surface area contributed by atoms with Crippen LogP contribution in [0.3, 0.4) is 0 Å². The summed E-state index contributed by atoms with van der Waals surface area (Å²) in [5, 5.41) is 9.25. The summed E-state index contributed by atoms with van der Waals surface area (Å²) in [6.07, 6.45) is 1.61. The SMILES string of the molecule is C=C/C(Oc1nc2c(c(=O)n(CCCO)c(=O)n2C)n1Cc1ccccc1)=C(/Cl)C(=C)Cl. The Balaban J connectivity index is 2.31. The van der Waals surface area contributed by atoms with E-state index in [2.05, 4.69) is 18.1 Å². The minimum absolute atomic E-state index is 0.0295. The average molecular weight is 477 g/mol. The van der Waals surface area contributed by atoms with Crippen LogP contribution in [0, 0.1) is 0 Å². The standard InChI is InChI=1S/C22H22Cl2N4O4/c1-4-16(17(24)14(2)23)32-21-25-19-18(28(21)13-15-9-6-5-7-10-15)20(30)27(11-8-12-29)22(31)26(19)3/h4-7,9-10,29H,1-2,8,11-13H2,3H3/b17-16-. The second-order valence-electron chi connectivity index (χ2n) is 6.90. The Morgan fingerprint density at radius 2 is 1.91 bits per heavy atom. The molecule has 2 aromatic heterocycles. The van der Waals surface area contributed by atoms with E-state index in [1.807, 2.05) is 30.3 Å². The first-order chi connectivity index (χ1) is 15.3. The molecule has 0 saturated heterocycles. The van der Waals surface area contributed by atoms with Crippen LogP contribution in [0.5, 0.6) is 6.01 Å². The topological polar surface area (TPSA) is 91.3 Å². The van der Waals surface area contributed by atoms with Crippen LogP contribution >= 0.6 is 23.2 Å². The highest BCUT2D eigenvalue weighted by atomic mass is 35.5. The Kier molecular flexibility index (Phi) is 7.40. The predicted molar refractivity (Wildman–Crippen MR) is 125 cm³/mol. The fourth-order valence-corrected chi connectivity index (χ4v) is 3.39. The molecule has 0 aliphatic heterocycles. The summed E-state index contributed by atoms with van der Waals surface area (Å²) in [5.74, 6) is 0.0990. The third-order valence-electron chi connectivity index (χ3n) is 4.76. The Morgan fingerprint density at radius 3 is 2.50 bits per heavy atom. The maximum atomic E-state index is 13.3. The van der Waals surface area contributed by atoms with Crippen molar-refractivity contribution in [2.75, 3.05) is 6.61 Å². The van der Waals surface area contributed by atoms with Gasteiger partial charge in [-0.3, -0.25) is 18.5 Å². The second-order valence-corrected chi connectivity index (χ2v) is 7.74. The van der Waals surface area contributed by atoms with Crippen molar-refractivity contribution in [2.24, 2.45) is 7.05 Å². The summed E-state index contributed by atoms with van der Waals surface area (Å²) < 4.78 is 9.78. The van der Waals surface area contributed by atoms with Gasteiger partial charge < -0.3 is 9.84 Å². The molecule has 2 heterocycles. The van der Waals surface area contributed by atoms with Crippen molar-refractivity contribution in [3.8, 4) is 6.01 Å². The van der Waals surface area contributed by atoms with Gasteiger partial charge in [0.2, 0.25) is 0 Å². The number of allylic oxidation sites excluding steroid dienone is 3. The van der Waals surface area contributed by atoms with Crippen LogP contribution < -0.4 is 16.0 Å². The number of imidazole rings is 1. The molecule has 0 amide bonds. The minimum Gasteiger partial charge on any atom is -0.424 e.